The summed E-state index contributed by atoms with van der Waals surface area (Å²) in [4.78, 5) is 15.1. The Labute approximate surface area is 229 Å². The van der Waals surface area contributed by atoms with Gasteiger partial charge in [0.25, 0.3) is 5.91 Å². The largest absolute Gasteiger partial charge is 0.416 e. The lowest BCUT2D eigenvalue weighted by Gasteiger charge is -2.46. The van der Waals surface area contributed by atoms with E-state index >= 15 is 0 Å². The molecule has 0 bridgehead atoms. The highest BCUT2D eigenvalue weighted by atomic mass is 19.4. The van der Waals surface area contributed by atoms with Crippen molar-refractivity contribution in [3.05, 3.63) is 76.4 Å². The molecule has 0 unspecified atom stereocenters. The summed E-state index contributed by atoms with van der Waals surface area (Å²) in [5.74, 6) is 1.23. The highest BCUT2D eigenvalue weighted by molar-refractivity contribution is 6.10. The molecule has 1 N–H and O–H groups in total. The number of anilines is 1. The first-order chi connectivity index (χ1) is 19.2. The van der Waals surface area contributed by atoms with Crippen molar-refractivity contribution in [2.75, 3.05) is 25.2 Å². The van der Waals surface area contributed by atoms with E-state index in [1.165, 1.54) is 11.0 Å². The molecule has 3 atom stereocenters. The minimum Gasteiger partial charge on any atom is -0.381 e. The average Bonchev–Trinajstić information content (AvgIpc) is 3.29. The number of ether oxygens (including phenoxy) is 2. The van der Waals surface area contributed by atoms with Gasteiger partial charge in [-0.1, -0.05) is 12.1 Å². The second kappa shape index (κ2) is 9.12. The second-order valence-corrected chi connectivity index (χ2v) is 11.5. The van der Waals surface area contributed by atoms with Crippen molar-refractivity contribution in [3.8, 4) is 0 Å². The number of methoxy groups -OCH3 is 1. The molecule has 2 aliphatic heterocycles. The summed E-state index contributed by atoms with van der Waals surface area (Å²) in [5.41, 5.74) is 0.877. The number of carbonyl (C=O) groups excluding carboxylic acids is 1. The molecule has 0 spiro atoms. The van der Waals surface area contributed by atoms with Crippen LogP contribution in [0.2, 0.25) is 0 Å². The number of amides is 1. The van der Waals surface area contributed by atoms with Gasteiger partial charge in [0.15, 0.2) is 0 Å². The van der Waals surface area contributed by atoms with Crippen LogP contribution in [0.5, 0.6) is 0 Å². The molecule has 8 nitrogen and oxygen atoms in total. The Balaban J connectivity index is 1.19. The molecule has 11 heteroatoms. The Morgan fingerprint density at radius 2 is 1.95 bits per heavy atom. The SMILES string of the molecule is COC1CC(c2cccc(N3Cc4c(cc(CN[C@@H]5[C@@H]6COC[C@@H]65)cc4C(F)(F)F)C3=O)c2)(c2nncn2C)C1. The van der Waals surface area contributed by atoms with Crippen molar-refractivity contribution in [1.82, 2.24) is 20.1 Å². The third kappa shape index (κ3) is 3.97. The summed E-state index contributed by atoms with van der Waals surface area (Å²) in [5, 5.41) is 11.8. The molecule has 7 rings (SSSR count). The summed E-state index contributed by atoms with van der Waals surface area (Å²) in [7, 11) is 3.56. The van der Waals surface area contributed by atoms with Gasteiger partial charge in [0.05, 0.1) is 36.8 Å². The fraction of sp³-hybridized carbons (Fsp3) is 0.483. The van der Waals surface area contributed by atoms with Crippen molar-refractivity contribution in [1.29, 1.82) is 0 Å². The summed E-state index contributed by atoms with van der Waals surface area (Å²) < 4.78 is 55.5. The van der Waals surface area contributed by atoms with Gasteiger partial charge < -0.3 is 24.3 Å². The van der Waals surface area contributed by atoms with Crippen LogP contribution in [0.3, 0.4) is 0 Å². The number of nitrogens with zero attached hydrogens (tertiary/aromatic N) is 4. The predicted octanol–water partition coefficient (Wildman–Crippen LogP) is 3.82. The maximum absolute atomic E-state index is 14.2. The van der Waals surface area contributed by atoms with Crippen molar-refractivity contribution in [3.63, 3.8) is 0 Å². The monoisotopic (exact) mass is 553 g/mol. The van der Waals surface area contributed by atoms with Gasteiger partial charge in [0, 0.05) is 49.8 Å². The third-order valence-electron chi connectivity index (χ3n) is 9.24. The minimum absolute atomic E-state index is 0.0226. The van der Waals surface area contributed by atoms with Crippen LogP contribution in [0, 0.1) is 11.8 Å². The number of carbonyl (C=O) groups is 1. The number of aryl methyl sites for hydroxylation is 1. The molecule has 4 aliphatic rings. The van der Waals surface area contributed by atoms with Gasteiger partial charge in [-0.3, -0.25) is 4.79 Å². The lowest BCUT2D eigenvalue weighted by molar-refractivity contribution is -0.138. The molecule has 2 aliphatic carbocycles. The molecular formula is C29H30F3N5O3. The maximum Gasteiger partial charge on any atom is 0.416 e. The number of alkyl halides is 3. The Kier molecular flexibility index (Phi) is 5.85. The number of rotatable bonds is 7. The molecule has 40 heavy (non-hydrogen) atoms. The third-order valence-corrected chi connectivity index (χ3v) is 9.24. The van der Waals surface area contributed by atoms with Crippen molar-refractivity contribution < 1.29 is 27.4 Å². The number of halogens is 3. The van der Waals surface area contributed by atoms with E-state index < -0.39 is 23.1 Å². The Morgan fingerprint density at radius 1 is 1.18 bits per heavy atom. The quantitative estimate of drug-likeness (QED) is 0.479. The molecule has 2 aromatic carbocycles. The first-order valence-corrected chi connectivity index (χ1v) is 13.5. The van der Waals surface area contributed by atoms with Crippen LogP contribution in [-0.2, 0) is 41.2 Å². The summed E-state index contributed by atoms with van der Waals surface area (Å²) in [6.07, 6.45) is -1.48. The van der Waals surface area contributed by atoms with Gasteiger partial charge in [-0.15, -0.1) is 10.2 Å². The fourth-order valence-corrected chi connectivity index (χ4v) is 6.93. The predicted molar refractivity (Wildman–Crippen MR) is 139 cm³/mol. The molecule has 1 saturated heterocycles. The molecule has 1 aromatic heterocycles. The highest BCUT2D eigenvalue weighted by Crippen LogP contribution is 2.50. The normalized spacial score (nSPS) is 28.9. The van der Waals surface area contributed by atoms with E-state index in [-0.39, 0.29) is 36.4 Å². The number of aromatic nitrogens is 3. The summed E-state index contributed by atoms with van der Waals surface area (Å²) >= 11 is 0. The first-order valence-electron chi connectivity index (χ1n) is 13.5. The van der Waals surface area contributed by atoms with Gasteiger partial charge in [0.2, 0.25) is 0 Å². The molecule has 2 saturated carbocycles. The molecule has 3 aromatic rings. The zero-order valence-electron chi connectivity index (χ0n) is 22.2. The molecule has 210 valence electrons. The minimum atomic E-state index is -4.57. The first kappa shape index (κ1) is 25.7. The number of nitrogens with one attached hydrogen (secondary N) is 1. The number of fused-ring (bicyclic) bond motifs is 2. The number of benzene rings is 2. The van der Waals surface area contributed by atoms with Crippen LogP contribution in [0.4, 0.5) is 18.9 Å². The van der Waals surface area contributed by atoms with Gasteiger partial charge in [0.1, 0.15) is 12.2 Å². The van der Waals surface area contributed by atoms with Crippen molar-refractivity contribution in [2.24, 2.45) is 18.9 Å². The second-order valence-electron chi connectivity index (χ2n) is 11.5. The van der Waals surface area contributed by atoms with E-state index in [9.17, 15) is 18.0 Å². The van der Waals surface area contributed by atoms with E-state index in [2.05, 4.69) is 15.5 Å². The number of hydrogen-bond donors (Lipinski definition) is 1. The Morgan fingerprint density at radius 3 is 2.62 bits per heavy atom. The zero-order valence-corrected chi connectivity index (χ0v) is 22.2. The Hall–Kier alpha value is -3.28. The number of hydrogen-bond acceptors (Lipinski definition) is 6. The lowest BCUT2D eigenvalue weighted by Crippen LogP contribution is -2.48. The summed E-state index contributed by atoms with van der Waals surface area (Å²) in [6.45, 7) is 1.52. The molecule has 3 heterocycles. The van der Waals surface area contributed by atoms with Crippen LogP contribution in [0.15, 0.2) is 42.7 Å². The average molecular weight is 554 g/mol. The van der Waals surface area contributed by atoms with Crippen LogP contribution >= 0.6 is 0 Å². The van der Waals surface area contributed by atoms with Crippen LogP contribution in [-0.4, -0.2) is 53.1 Å². The topological polar surface area (TPSA) is 81.5 Å². The highest BCUT2D eigenvalue weighted by Gasteiger charge is 2.54. The van der Waals surface area contributed by atoms with Crippen molar-refractivity contribution in [2.45, 2.75) is 49.7 Å². The molecule has 1 amide bonds. The zero-order chi connectivity index (χ0) is 27.8. The molecule has 3 fully saturated rings. The fourth-order valence-electron chi connectivity index (χ4n) is 6.93. The van der Waals surface area contributed by atoms with E-state index in [4.69, 9.17) is 9.47 Å². The molecule has 0 radical (unpaired) electrons. The lowest BCUT2D eigenvalue weighted by atomic mass is 9.62. The van der Waals surface area contributed by atoms with Crippen LogP contribution < -0.4 is 10.2 Å². The summed E-state index contributed by atoms with van der Waals surface area (Å²) in [6, 6.07) is 10.6. The maximum atomic E-state index is 14.2. The van der Waals surface area contributed by atoms with Crippen LogP contribution in [0.25, 0.3) is 0 Å². The standard InChI is InChI=1S/C29H30F3N5O3/c1-36-15-34-35-27(36)28(9-19(10-28)39-2)17-4-3-5-18(8-17)37-12-21-20(26(37)38)6-16(7-24(21)29(30,31)32)11-33-25-22-13-40-14-23(22)25/h3-8,15,19,22-23,25,33H,9-14H2,1-2H3/t19?,22-,23+,25-,28?. The van der Waals surface area contributed by atoms with E-state index in [0.717, 1.165) is 11.4 Å². The van der Waals surface area contributed by atoms with E-state index in [1.807, 2.05) is 29.8 Å². The van der Waals surface area contributed by atoms with Crippen LogP contribution in [0.1, 0.15) is 51.3 Å². The Bertz CT molecular complexity index is 1470. The van der Waals surface area contributed by atoms with Gasteiger partial charge in [-0.2, -0.15) is 13.2 Å². The molecular weight excluding hydrogens is 523 g/mol. The smallest absolute Gasteiger partial charge is 0.381 e. The van der Waals surface area contributed by atoms with Gasteiger partial charge in [-0.25, -0.2) is 0 Å². The van der Waals surface area contributed by atoms with Gasteiger partial charge in [-0.05, 0) is 53.8 Å². The van der Waals surface area contributed by atoms with Crippen molar-refractivity contribution >= 4 is 11.6 Å². The van der Waals surface area contributed by atoms with E-state index in [1.54, 1.807) is 25.6 Å². The van der Waals surface area contributed by atoms with E-state index in [0.29, 0.717) is 49.1 Å². The van der Waals surface area contributed by atoms with Gasteiger partial charge >= 0.3 is 6.18 Å².